The maximum absolute atomic E-state index is 12.0. The maximum atomic E-state index is 12.0. The molecule has 0 aromatic rings. The molecule has 0 spiro atoms. The maximum Gasteiger partial charge on any atom is 0.273 e. The van der Waals surface area contributed by atoms with E-state index in [9.17, 15) is 4.79 Å². The summed E-state index contributed by atoms with van der Waals surface area (Å²) >= 11 is 0. The number of hydrogen-bond acceptors (Lipinski definition) is 5. The number of hydroxylamine groups is 2. The quantitative estimate of drug-likeness (QED) is 0.0960. The molecule has 0 saturated carbocycles. The summed E-state index contributed by atoms with van der Waals surface area (Å²) in [4.78, 5) is 22.1. The number of hydrogen-bond donors (Lipinski definition) is 2. The van der Waals surface area contributed by atoms with E-state index >= 15 is 0 Å². The molecule has 6 heteroatoms. The van der Waals surface area contributed by atoms with Crippen molar-refractivity contribution in [2.45, 2.75) is 122 Å². The number of allylic oxidation sites excluding steroid dienone is 2. The minimum Gasteiger partial charge on any atom is -0.394 e. The summed E-state index contributed by atoms with van der Waals surface area (Å²) in [5.74, 6) is -0.270. The summed E-state index contributed by atoms with van der Waals surface area (Å²) in [6.45, 7) is 1.87. The topological polar surface area (TPSA) is 79.2 Å². The number of amides is 1. The fourth-order valence-corrected chi connectivity index (χ4v) is 3.57. The average Bonchev–Trinajstić information content (AvgIpc) is 2.80. The molecule has 0 atom stereocenters. The van der Waals surface area contributed by atoms with Crippen LogP contribution >= 0.6 is 0 Å². The molecule has 32 heavy (non-hydrogen) atoms. The van der Waals surface area contributed by atoms with Gasteiger partial charge in [-0.2, -0.15) is 0 Å². The summed E-state index contributed by atoms with van der Waals surface area (Å²) in [6.07, 6.45) is 26.5. The highest BCUT2D eigenvalue weighted by Crippen LogP contribution is 2.13. The fourth-order valence-electron chi connectivity index (χ4n) is 3.57. The van der Waals surface area contributed by atoms with Crippen molar-refractivity contribution in [1.29, 1.82) is 0 Å². The Bertz CT molecular complexity index is 409. The van der Waals surface area contributed by atoms with Gasteiger partial charge in [0.1, 0.15) is 13.2 Å². The molecule has 0 aromatic carbocycles. The van der Waals surface area contributed by atoms with E-state index in [-0.39, 0.29) is 32.3 Å². The van der Waals surface area contributed by atoms with Crippen molar-refractivity contribution in [2.24, 2.45) is 0 Å². The molecule has 0 radical (unpaired) electrons. The van der Waals surface area contributed by atoms with Crippen LogP contribution in [0.3, 0.4) is 0 Å². The van der Waals surface area contributed by atoms with Crippen LogP contribution in [-0.4, -0.2) is 47.8 Å². The van der Waals surface area contributed by atoms with Gasteiger partial charge in [0.2, 0.25) is 0 Å². The van der Waals surface area contributed by atoms with Crippen molar-refractivity contribution in [1.82, 2.24) is 5.23 Å². The highest BCUT2D eigenvalue weighted by atomic mass is 17.0. The van der Waals surface area contributed by atoms with Crippen LogP contribution in [0.1, 0.15) is 122 Å². The van der Waals surface area contributed by atoms with Crippen LogP contribution in [0.2, 0.25) is 0 Å². The predicted molar refractivity (Wildman–Crippen MR) is 131 cm³/mol. The molecule has 0 heterocycles. The lowest BCUT2D eigenvalue weighted by Gasteiger charge is -2.19. The van der Waals surface area contributed by atoms with E-state index in [1.54, 1.807) is 0 Å². The summed E-state index contributed by atoms with van der Waals surface area (Å²) in [7, 11) is 0. The second-order valence-electron chi connectivity index (χ2n) is 8.51. The van der Waals surface area contributed by atoms with Gasteiger partial charge >= 0.3 is 0 Å². The highest BCUT2D eigenvalue weighted by molar-refractivity contribution is 5.73. The van der Waals surface area contributed by atoms with Crippen molar-refractivity contribution in [2.75, 3.05) is 26.4 Å². The van der Waals surface area contributed by atoms with Crippen LogP contribution in [0.15, 0.2) is 12.2 Å². The van der Waals surface area contributed by atoms with Crippen LogP contribution < -0.4 is 0 Å². The molecular formula is C26H51NO5. The number of unbranched alkanes of at least 4 members (excludes halogenated alkanes) is 15. The first-order chi connectivity index (χ1) is 15.8. The third-order valence-electron chi connectivity index (χ3n) is 5.46. The molecule has 0 bridgehead atoms. The summed E-state index contributed by atoms with van der Waals surface area (Å²) in [6, 6.07) is 0. The van der Waals surface area contributed by atoms with Gasteiger partial charge in [-0.3, -0.25) is 4.79 Å². The SMILES string of the molecule is CCCCCCCC/C=C\CCCCCCCCCCCC(=O)N(OCCO)OCCO. The number of nitrogens with zero attached hydrogens (tertiary/aromatic N) is 1. The molecule has 0 aromatic heterocycles. The zero-order valence-corrected chi connectivity index (χ0v) is 20.8. The Morgan fingerprint density at radius 2 is 1.06 bits per heavy atom. The summed E-state index contributed by atoms with van der Waals surface area (Å²) < 4.78 is 0. The molecule has 0 saturated heterocycles. The number of rotatable bonds is 25. The molecular weight excluding hydrogens is 406 g/mol. The number of carbonyl (C=O) groups excluding carboxylic acids is 1. The third kappa shape index (κ3) is 22.3. The molecule has 0 aliphatic carbocycles. The van der Waals surface area contributed by atoms with Crippen molar-refractivity contribution in [3.8, 4) is 0 Å². The Hall–Kier alpha value is -0.950. The first-order valence-corrected chi connectivity index (χ1v) is 13.2. The first kappa shape index (κ1) is 31.0. The van der Waals surface area contributed by atoms with E-state index in [1.807, 2.05) is 0 Å². The van der Waals surface area contributed by atoms with Crippen LogP contribution in [0.25, 0.3) is 0 Å². The van der Waals surface area contributed by atoms with E-state index in [0.29, 0.717) is 6.42 Å². The van der Waals surface area contributed by atoms with Gasteiger partial charge in [-0.05, 0) is 32.1 Å². The average molecular weight is 458 g/mol. The zero-order chi connectivity index (χ0) is 23.5. The van der Waals surface area contributed by atoms with Crippen LogP contribution in [0.5, 0.6) is 0 Å². The van der Waals surface area contributed by atoms with Crippen molar-refractivity contribution in [3.05, 3.63) is 12.2 Å². The van der Waals surface area contributed by atoms with Gasteiger partial charge in [0.25, 0.3) is 5.91 Å². The van der Waals surface area contributed by atoms with Gasteiger partial charge < -0.3 is 10.2 Å². The minimum atomic E-state index is -0.270. The lowest BCUT2D eigenvalue weighted by molar-refractivity contribution is -0.345. The Morgan fingerprint density at radius 1 is 0.656 bits per heavy atom. The second-order valence-corrected chi connectivity index (χ2v) is 8.51. The number of aliphatic hydroxyl groups excluding tert-OH is 2. The van der Waals surface area contributed by atoms with E-state index < -0.39 is 0 Å². The van der Waals surface area contributed by atoms with Crippen LogP contribution in [0.4, 0.5) is 0 Å². The Morgan fingerprint density at radius 3 is 1.50 bits per heavy atom. The largest absolute Gasteiger partial charge is 0.394 e. The van der Waals surface area contributed by atoms with Crippen LogP contribution in [0, 0.1) is 0 Å². The molecule has 0 rings (SSSR count). The lowest BCUT2D eigenvalue weighted by Crippen LogP contribution is -2.33. The normalized spacial score (nSPS) is 11.5. The van der Waals surface area contributed by atoms with Crippen molar-refractivity contribution < 1.29 is 24.7 Å². The molecule has 0 fully saturated rings. The Kier molecular flexibility index (Phi) is 25.5. The smallest absolute Gasteiger partial charge is 0.273 e. The van der Waals surface area contributed by atoms with Gasteiger partial charge in [-0.15, -0.1) is 0 Å². The number of aliphatic hydroxyl groups is 2. The van der Waals surface area contributed by atoms with E-state index in [0.717, 1.165) is 24.5 Å². The van der Waals surface area contributed by atoms with Crippen molar-refractivity contribution in [3.63, 3.8) is 0 Å². The Labute approximate surface area is 197 Å². The van der Waals surface area contributed by atoms with Crippen LogP contribution in [-0.2, 0) is 14.5 Å². The molecule has 0 aliphatic rings. The lowest BCUT2D eigenvalue weighted by atomic mass is 10.1. The van der Waals surface area contributed by atoms with E-state index in [2.05, 4.69) is 19.1 Å². The molecule has 190 valence electrons. The van der Waals surface area contributed by atoms with E-state index in [4.69, 9.17) is 19.9 Å². The molecule has 0 unspecified atom stereocenters. The van der Waals surface area contributed by atoms with Gasteiger partial charge in [0, 0.05) is 6.42 Å². The molecule has 6 nitrogen and oxygen atoms in total. The molecule has 2 N–H and O–H groups in total. The zero-order valence-electron chi connectivity index (χ0n) is 20.8. The Balaban J connectivity index is 3.41. The van der Waals surface area contributed by atoms with Gasteiger partial charge in [0.15, 0.2) is 0 Å². The van der Waals surface area contributed by atoms with Gasteiger partial charge in [-0.25, -0.2) is 9.68 Å². The third-order valence-corrected chi connectivity index (χ3v) is 5.46. The molecule has 0 aliphatic heterocycles. The predicted octanol–water partition coefficient (Wildman–Crippen LogP) is 6.26. The summed E-state index contributed by atoms with van der Waals surface area (Å²) in [5.41, 5.74) is 0. The number of carbonyl (C=O) groups is 1. The minimum absolute atomic E-state index is 0.00729. The summed E-state index contributed by atoms with van der Waals surface area (Å²) in [5, 5.41) is 18.4. The fraction of sp³-hybridized carbons (Fsp3) is 0.885. The second kappa shape index (κ2) is 26.3. The first-order valence-electron chi connectivity index (χ1n) is 13.2. The van der Waals surface area contributed by atoms with E-state index in [1.165, 1.54) is 89.9 Å². The van der Waals surface area contributed by atoms with Gasteiger partial charge in [0.05, 0.1) is 13.2 Å². The highest BCUT2D eigenvalue weighted by Gasteiger charge is 2.15. The monoisotopic (exact) mass is 457 g/mol. The van der Waals surface area contributed by atoms with Gasteiger partial charge in [-0.1, -0.05) is 101 Å². The van der Waals surface area contributed by atoms with Crippen molar-refractivity contribution >= 4 is 5.91 Å². The molecule has 1 amide bonds. The standard InChI is InChI=1S/C26H51NO5/c1-2-3-4-5-6-7-8-9-10-11-12-13-14-15-16-17-18-19-20-21-26(30)27(31-24-22-28)32-25-23-29/h9-10,28-29H,2-8,11-25H2,1H3/b10-9-.